The van der Waals surface area contributed by atoms with Crippen LogP contribution in [0.1, 0.15) is 45.4 Å². The minimum Gasteiger partial charge on any atom is -0.370 e. The minimum absolute atomic E-state index is 0.711. The molecule has 4 nitrogen and oxygen atoms in total. The quantitative estimate of drug-likeness (QED) is 0.662. The fraction of sp³-hybridized carbons (Fsp3) is 0.750. The number of thioether (sulfide) groups is 1. The molecule has 0 spiro atoms. The van der Waals surface area contributed by atoms with E-state index in [4.69, 9.17) is 4.98 Å². The highest BCUT2D eigenvalue weighted by Gasteiger charge is 2.35. The molecule has 21 heavy (non-hydrogen) atoms. The predicted molar refractivity (Wildman–Crippen MR) is 90.3 cm³/mol. The Kier molecular flexibility index (Phi) is 4.88. The Labute approximate surface area is 132 Å². The van der Waals surface area contributed by atoms with Crippen molar-refractivity contribution in [3.8, 4) is 0 Å². The number of nitrogens with zero attached hydrogens (tertiary/aromatic N) is 3. The van der Waals surface area contributed by atoms with E-state index in [0.717, 1.165) is 42.2 Å². The van der Waals surface area contributed by atoms with Gasteiger partial charge in [-0.2, -0.15) is 0 Å². The Morgan fingerprint density at radius 2 is 2.14 bits per heavy atom. The van der Waals surface area contributed by atoms with Crippen LogP contribution in [0.25, 0.3) is 0 Å². The van der Waals surface area contributed by atoms with E-state index in [2.05, 4.69) is 34.4 Å². The molecule has 0 radical (unpaired) electrons. The predicted octanol–water partition coefficient (Wildman–Crippen LogP) is 3.79. The maximum Gasteiger partial charge on any atom is 0.191 e. The van der Waals surface area contributed by atoms with Gasteiger partial charge in [-0.25, -0.2) is 9.97 Å². The van der Waals surface area contributed by atoms with Gasteiger partial charge < -0.3 is 10.2 Å². The summed E-state index contributed by atoms with van der Waals surface area (Å²) < 4.78 is 0. The van der Waals surface area contributed by atoms with Gasteiger partial charge in [-0.1, -0.05) is 25.1 Å². The number of fused-ring (bicyclic) bond motifs is 1. The second kappa shape index (κ2) is 6.86. The summed E-state index contributed by atoms with van der Waals surface area (Å²) >= 11 is 1.63. The fourth-order valence-electron chi connectivity index (χ4n) is 3.73. The first kappa shape index (κ1) is 14.9. The Morgan fingerprint density at radius 3 is 2.95 bits per heavy atom. The summed E-state index contributed by atoms with van der Waals surface area (Å²) in [5.41, 5.74) is 0. The summed E-state index contributed by atoms with van der Waals surface area (Å²) in [4.78, 5) is 11.9. The number of aromatic nitrogens is 2. The molecule has 0 amide bonds. The van der Waals surface area contributed by atoms with Crippen LogP contribution < -0.4 is 10.2 Å². The molecule has 2 aliphatic rings. The molecule has 2 heterocycles. The van der Waals surface area contributed by atoms with Crippen molar-refractivity contribution in [2.75, 3.05) is 29.6 Å². The average Bonchev–Trinajstić information content (AvgIpc) is 3.01. The molecule has 1 aromatic rings. The van der Waals surface area contributed by atoms with Gasteiger partial charge in [-0.05, 0) is 44.3 Å². The first-order valence-corrected chi connectivity index (χ1v) is 9.48. The number of hydrogen-bond acceptors (Lipinski definition) is 5. The Balaban J connectivity index is 1.85. The first-order chi connectivity index (χ1) is 10.3. The van der Waals surface area contributed by atoms with Crippen LogP contribution in [-0.2, 0) is 0 Å². The lowest BCUT2D eigenvalue weighted by molar-refractivity contribution is 0.360. The molecule has 2 atom stereocenters. The summed E-state index contributed by atoms with van der Waals surface area (Å²) in [6.45, 7) is 4.30. The normalized spacial score (nSPS) is 25.0. The third kappa shape index (κ3) is 3.28. The van der Waals surface area contributed by atoms with Gasteiger partial charge in [-0.3, -0.25) is 0 Å². The lowest BCUT2D eigenvalue weighted by Gasteiger charge is -2.38. The van der Waals surface area contributed by atoms with E-state index in [-0.39, 0.29) is 0 Å². The van der Waals surface area contributed by atoms with Crippen molar-refractivity contribution in [2.45, 2.75) is 56.6 Å². The van der Waals surface area contributed by atoms with Gasteiger partial charge in [0.05, 0.1) is 0 Å². The molecule has 0 bridgehead atoms. The molecule has 116 valence electrons. The first-order valence-electron chi connectivity index (χ1n) is 8.25. The van der Waals surface area contributed by atoms with Crippen LogP contribution in [0, 0.1) is 5.92 Å². The molecule has 1 saturated carbocycles. The van der Waals surface area contributed by atoms with Crippen LogP contribution in [0.15, 0.2) is 11.2 Å². The van der Waals surface area contributed by atoms with Crippen molar-refractivity contribution in [1.82, 2.24) is 9.97 Å². The van der Waals surface area contributed by atoms with Crippen LogP contribution in [0.2, 0.25) is 0 Å². The number of piperidine rings is 1. The third-order valence-corrected chi connectivity index (χ3v) is 5.27. The molecule has 1 aromatic heterocycles. The molecular weight excluding hydrogens is 280 g/mol. The van der Waals surface area contributed by atoms with Gasteiger partial charge in [0.2, 0.25) is 0 Å². The van der Waals surface area contributed by atoms with E-state index < -0.39 is 0 Å². The van der Waals surface area contributed by atoms with Crippen molar-refractivity contribution in [2.24, 2.45) is 5.92 Å². The molecule has 1 saturated heterocycles. The molecule has 1 N–H and O–H groups in total. The van der Waals surface area contributed by atoms with Crippen molar-refractivity contribution in [1.29, 1.82) is 0 Å². The summed E-state index contributed by atoms with van der Waals surface area (Å²) in [7, 11) is 0. The minimum atomic E-state index is 0.711. The third-order valence-electron chi connectivity index (χ3n) is 4.72. The SMILES string of the molecule is CCCNc1cc(N2CCCC3CCCC32)nc(SC)n1. The molecule has 2 fully saturated rings. The lowest BCUT2D eigenvalue weighted by atomic mass is 9.92. The van der Waals surface area contributed by atoms with Crippen LogP contribution >= 0.6 is 11.8 Å². The lowest BCUT2D eigenvalue weighted by Crippen LogP contribution is -2.43. The second-order valence-electron chi connectivity index (χ2n) is 6.12. The highest BCUT2D eigenvalue weighted by molar-refractivity contribution is 7.98. The van der Waals surface area contributed by atoms with Crippen molar-refractivity contribution >= 4 is 23.4 Å². The Hall–Kier alpha value is -0.970. The van der Waals surface area contributed by atoms with Crippen LogP contribution in [0.5, 0.6) is 0 Å². The Morgan fingerprint density at radius 1 is 1.29 bits per heavy atom. The second-order valence-corrected chi connectivity index (χ2v) is 6.89. The molecule has 1 aliphatic heterocycles. The van der Waals surface area contributed by atoms with Gasteiger partial charge in [-0.15, -0.1) is 0 Å². The maximum absolute atomic E-state index is 4.78. The number of hydrogen-bond donors (Lipinski definition) is 1. The van der Waals surface area contributed by atoms with E-state index in [1.807, 2.05) is 0 Å². The van der Waals surface area contributed by atoms with E-state index in [9.17, 15) is 0 Å². The fourth-order valence-corrected chi connectivity index (χ4v) is 4.11. The van der Waals surface area contributed by atoms with E-state index in [0.29, 0.717) is 6.04 Å². The van der Waals surface area contributed by atoms with Crippen molar-refractivity contribution in [3.63, 3.8) is 0 Å². The summed E-state index contributed by atoms with van der Waals surface area (Å²) in [5, 5.41) is 4.30. The monoisotopic (exact) mass is 306 g/mol. The zero-order valence-electron chi connectivity index (χ0n) is 13.1. The van der Waals surface area contributed by atoms with E-state index in [1.165, 1.54) is 32.1 Å². The van der Waals surface area contributed by atoms with Gasteiger partial charge >= 0.3 is 0 Å². The topological polar surface area (TPSA) is 41.0 Å². The standard InChI is InChI=1S/C16H26N4S/c1-3-9-17-14-11-15(19-16(18-14)21-2)20-10-5-7-12-6-4-8-13(12)20/h11-13H,3-10H2,1-2H3,(H,17,18,19). The highest BCUT2D eigenvalue weighted by atomic mass is 32.2. The summed E-state index contributed by atoms with van der Waals surface area (Å²) in [6.07, 6.45) is 10.00. The number of nitrogens with one attached hydrogen (secondary N) is 1. The van der Waals surface area contributed by atoms with Crippen molar-refractivity contribution < 1.29 is 0 Å². The smallest absolute Gasteiger partial charge is 0.191 e. The number of anilines is 2. The molecule has 5 heteroatoms. The molecule has 2 unspecified atom stereocenters. The summed E-state index contributed by atoms with van der Waals surface area (Å²) in [5.74, 6) is 2.99. The molecule has 1 aliphatic carbocycles. The van der Waals surface area contributed by atoms with Crippen LogP contribution in [0.3, 0.4) is 0 Å². The maximum atomic E-state index is 4.78. The largest absolute Gasteiger partial charge is 0.370 e. The van der Waals surface area contributed by atoms with Gasteiger partial charge in [0.15, 0.2) is 5.16 Å². The van der Waals surface area contributed by atoms with Gasteiger partial charge in [0.1, 0.15) is 11.6 Å². The van der Waals surface area contributed by atoms with Gasteiger partial charge in [0.25, 0.3) is 0 Å². The highest BCUT2D eigenvalue weighted by Crippen LogP contribution is 2.39. The Bertz CT molecular complexity index is 479. The van der Waals surface area contributed by atoms with Crippen LogP contribution in [-0.4, -0.2) is 35.4 Å². The van der Waals surface area contributed by atoms with Crippen molar-refractivity contribution in [3.05, 3.63) is 6.07 Å². The molecule has 0 aromatic carbocycles. The number of rotatable bonds is 5. The van der Waals surface area contributed by atoms with Gasteiger partial charge in [0, 0.05) is 25.2 Å². The zero-order chi connectivity index (χ0) is 14.7. The summed E-state index contributed by atoms with van der Waals surface area (Å²) in [6, 6.07) is 2.86. The average molecular weight is 306 g/mol. The van der Waals surface area contributed by atoms with Crippen LogP contribution in [0.4, 0.5) is 11.6 Å². The van der Waals surface area contributed by atoms with E-state index in [1.54, 1.807) is 11.8 Å². The zero-order valence-corrected chi connectivity index (χ0v) is 14.0. The molecule has 3 rings (SSSR count). The molecular formula is C16H26N4S. The van der Waals surface area contributed by atoms with E-state index >= 15 is 0 Å².